The summed E-state index contributed by atoms with van der Waals surface area (Å²) in [6.45, 7) is 4.34. The van der Waals surface area contributed by atoms with Crippen molar-refractivity contribution < 1.29 is 4.74 Å². The van der Waals surface area contributed by atoms with E-state index in [-0.39, 0.29) is 0 Å². The van der Waals surface area contributed by atoms with Gasteiger partial charge in [-0.3, -0.25) is 0 Å². The number of aromatic nitrogens is 4. The summed E-state index contributed by atoms with van der Waals surface area (Å²) in [6, 6.07) is 0.308. The number of aryl methyl sites for hydroxylation is 1. The zero-order valence-corrected chi connectivity index (χ0v) is 13.5. The van der Waals surface area contributed by atoms with E-state index in [1.54, 1.807) is 7.11 Å². The summed E-state index contributed by atoms with van der Waals surface area (Å²) >= 11 is 7.80. The van der Waals surface area contributed by atoms with Crippen LogP contribution in [0.15, 0.2) is 6.33 Å². The Morgan fingerprint density at radius 2 is 2.25 bits per heavy atom. The van der Waals surface area contributed by atoms with Gasteiger partial charge in [0, 0.05) is 24.1 Å². The van der Waals surface area contributed by atoms with Gasteiger partial charge in [-0.15, -0.1) is 11.6 Å². The van der Waals surface area contributed by atoms with Crippen molar-refractivity contribution in [2.75, 3.05) is 24.5 Å². The van der Waals surface area contributed by atoms with Gasteiger partial charge in [0.15, 0.2) is 11.2 Å². The van der Waals surface area contributed by atoms with Gasteiger partial charge in [-0.25, -0.2) is 9.97 Å². The fourth-order valence-electron chi connectivity index (χ4n) is 2.17. The highest BCUT2D eigenvalue weighted by atomic mass is 35.5. The van der Waals surface area contributed by atoms with Gasteiger partial charge in [0.05, 0.1) is 7.11 Å². The van der Waals surface area contributed by atoms with Crippen molar-refractivity contribution in [3.8, 4) is 5.88 Å². The summed E-state index contributed by atoms with van der Waals surface area (Å²) in [7, 11) is 1.60. The highest BCUT2D eigenvalue weighted by Crippen LogP contribution is 2.26. The monoisotopic (exact) mass is 314 g/mol. The molecule has 7 heteroatoms. The minimum absolute atomic E-state index is 0.308. The highest BCUT2D eigenvalue weighted by molar-refractivity contribution is 7.99. The first-order valence-corrected chi connectivity index (χ1v) is 8.31. The number of thioether (sulfide) groups is 1. The number of hydrogen-bond donors (Lipinski definition) is 0. The lowest BCUT2D eigenvalue weighted by molar-refractivity contribution is 0.401. The van der Waals surface area contributed by atoms with Crippen LogP contribution >= 0.6 is 23.4 Å². The maximum Gasteiger partial charge on any atom is 0.245 e. The molecule has 2 aromatic heterocycles. The van der Waals surface area contributed by atoms with E-state index in [0.717, 1.165) is 23.0 Å². The van der Waals surface area contributed by atoms with Crippen molar-refractivity contribution in [2.45, 2.75) is 26.3 Å². The summed E-state index contributed by atoms with van der Waals surface area (Å²) in [5, 5.41) is 0. The average molecular weight is 315 g/mol. The van der Waals surface area contributed by atoms with Crippen LogP contribution in [0.2, 0.25) is 0 Å². The maximum absolute atomic E-state index is 5.89. The first-order chi connectivity index (χ1) is 9.72. The molecule has 0 spiro atoms. The van der Waals surface area contributed by atoms with Crippen LogP contribution < -0.4 is 4.74 Å². The van der Waals surface area contributed by atoms with Crippen molar-refractivity contribution in [1.82, 2.24) is 19.5 Å². The second-order valence-corrected chi connectivity index (χ2v) is 6.10. The van der Waals surface area contributed by atoms with Crippen LogP contribution in [0.4, 0.5) is 0 Å². The number of rotatable bonds is 7. The molecule has 0 fully saturated rings. The van der Waals surface area contributed by atoms with E-state index in [4.69, 9.17) is 16.3 Å². The number of hydrogen-bond acceptors (Lipinski definition) is 5. The van der Waals surface area contributed by atoms with Gasteiger partial charge in [-0.2, -0.15) is 16.7 Å². The molecule has 0 amide bonds. The Kier molecular flexibility index (Phi) is 5.48. The van der Waals surface area contributed by atoms with Gasteiger partial charge in [0.2, 0.25) is 5.88 Å². The number of nitrogens with zero attached hydrogens (tertiary/aromatic N) is 4. The standard InChI is InChI=1S/C13H19ClN4OS/c1-4-20-7-9(2)18-10(5-6-14)17-11-12(18)15-8-16-13(11)19-3/h8-9H,4-7H2,1-3H3. The molecule has 0 saturated carbocycles. The van der Waals surface area contributed by atoms with E-state index >= 15 is 0 Å². The normalized spacial score (nSPS) is 12.8. The van der Waals surface area contributed by atoms with Crippen LogP contribution in [0.1, 0.15) is 25.7 Å². The van der Waals surface area contributed by atoms with E-state index in [9.17, 15) is 0 Å². The Morgan fingerprint density at radius 3 is 2.90 bits per heavy atom. The topological polar surface area (TPSA) is 52.8 Å². The predicted molar refractivity (Wildman–Crippen MR) is 84.0 cm³/mol. The van der Waals surface area contributed by atoms with E-state index in [0.29, 0.717) is 29.7 Å². The van der Waals surface area contributed by atoms with Crippen LogP contribution in [0, 0.1) is 0 Å². The van der Waals surface area contributed by atoms with Crippen molar-refractivity contribution in [3.63, 3.8) is 0 Å². The fourth-order valence-corrected chi connectivity index (χ4v) is 3.06. The summed E-state index contributed by atoms with van der Waals surface area (Å²) in [4.78, 5) is 13.1. The average Bonchev–Trinajstić information content (AvgIpc) is 2.83. The Hall–Kier alpha value is -1.01. The number of halogens is 1. The summed E-state index contributed by atoms with van der Waals surface area (Å²) in [5.41, 5.74) is 1.53. The van der Waals surface area contributed by atoms with Gasteiger partial charge >= 0.3 is 0 Å². The minimum Gasteiger partial charge on any atom is -0.479 e. The maximum atomic E-state index is 5.89. The van der Waals surface area contributed by atoms with Gasteiger partial charge < -0.3 is 9.30 Å². The third-order valence-corrected chi connectivity index (χ3v) is 4.35. The van der Waals surface area contributed by atoms with E-state index in [2.05, 4.69) is 33.4 Å². The quantitative estimate of drug-likeness (QED) is 0.735. The molecular formula is C13H19ClN4OS. The lowest BCUT2D eigenvalue weighted by Crippen LogP contribution is -2.13. The van der Waals surface area contributed by atoms with E-state index < -0.39 is 0 Å². The molecule has 1 atom stereocenters. The van der Waals surface area contributed by atoms with Crippen molar-refractivity contribution in [1.29, 1.82) is 0 Å². The molecule has 0 saturated heterocycles. The summed E-state index contributed by atoms with van der Waals surface area (Å²) < 4.78 is 7.43. The summed E-state index contributed by atoms with van der Waals surface area (Å²) in [5.74, 6) is 4.11. The lowest BCUT2D eigenvalue weighted by atomic mass is 10.3. The number of methoxy groups -OCH3 is 1. The second kappa shape index (κ2) is 7.13. The Morgan fingerprint density at radius 1 is 1.45 bits per heavy atom. The van der Waals surface area contributed by atoms with Gasteiger partial charge in [-0.05, 0) is 12.7 Å². The molecular weight excluding hydrogens is 296 g/mol. The number of alkyl halides is 1. The molecule has 1 unspecified atom stereocenters. The molecule has 5 nitrogen and oxygen atoms in total. The van der Waals surface area contributed by atoms with Crippen LogP contribution in [0.3, 0.4) is 0 Å². The van der Waals surface area contributed by atoms with Crippen molar-refractivity contribution >= 4 is 34.5 Å². The van der Waals surface area contributed by atoms with Gasteiger partial charge in [-0.1, -0.05) is 6.92 Å². The molecule has 110 valence electrons. The van der Waals surface area contributed by atoms with Crippen molar-refractivity contribution in [2.24, 2.45) is 0 Å². The third-order valence-electron chi connectivity index (χ3n) is 3.03. The molecule has 0 aliphatic rings. The first-order valence-electron chi connectivity index (χ1n) is 6.62. The first kappa shape index (κ1) is 15.4. The lowest BCUT2D eigenvalue weighted by Gasteiger charge is -2.16. The Labute approximate surface area is 128 Å². The highest BCUT2D eigenvalue weighted by Gasteiger charge is 2.19. The molecule has 0 N–H and O–H groups in total. The summed E-state index contributed by atoms with van der Waals surface area (Å²) in [6.07, 6.45) is 2.23. The van der Waals surface area contributed by atoms with E-state index in [1.807, 2.05) is 11.8 Å². The largest absolute Gasteiger partial charge is 0.479 e. The number of fused-ring (bicyclic) bond motifs is 1. The van der Waals surface area contributed by atoms with Crippen LogP contribution in [-0.2, 0) is 6.42 Å². The zero-order valence-electron chi connectivity index (χ0n) is 12.0. The Bertz CT molecular complexity index is 575. The minimum atomic E-state index is 0.308. The van der Waals surface area contributed by atoms with Gasteiger partial charge in [0.25, 0.3) is 0 Å². The second-order valence-electron chi connectivity index (χ2n) is 4.40. The van der Waals surface area contributed by atoms with Crippen LogP contribution in [-0.4, -0.2) is 44.0 Å². The molecule has 0 radical (unpaired) electrons. The molecule has 0 aliphatic heterocycles. The number of imidazole rings is 1. The third kappa shape index (κ3) is 3.01. The number of ether oxygens (including phenoxy) is 1. The molecule has 0 aliphatic carbocycles. The zero-order chi connectivity index (χ0) is 14.5. The molecule has 2 heterocycles. The SMILES string of the molecule is CCSCC(C)n1c(CCCl)nc2c(OC)ncnc21. The van der Waals surface area contributed by atoms with Crippen LogP contribution in [0.25, 0.3) is 11.2 Å². The van der Waals surface area contributed by atoms with Crippen LogP contribution in [0.5, 0.6) is 5.88 Å². The van der Waals surface area contributed by atoms with E-state index in [1.165, 1.54) is 6.33 Å². The van der Waals surface area contributed by atoms with Gasteiger partial charge in [0.1, 0.15) is 12.2 Å². The molecule has 20 heavy (non-hydrogen) atoms. The molecule has 2 rings (SSSR count). The molecule has 2 aromatic rings. The fraction of sp³-hybridized carbons (Fsp3) is 0.615. The Balaban J connectivity index is 2.51. The van der Waals surface area contributed by atoms with Crippen molar-refractivity contribution in [3.05, 3.63) is 12.2 Å². The smallest absolute Gasteiger partial charge is 0.245 e. The predicted octanol–water partition coefficient (Wildman–Crippen LogP) is 2.93. The molecule has 0 aromatic carbocycles. The molecule has 0 bridgehead atoms.